The van der Waals surface area contributed by atoms with Crippen LogP contribution >= 0.6 is 11.3 Å². The normalized spacial score (nSPS) is 14.9. The minimum Gasteiger partial charge on any atom is -0.504 e. The zero-order valence-corrected chi connectivity index (χ0v) is 22.4. The Kier molecular flexibility index (Phi) is 7.33. The van der Waals surface area contributed by atoms with Crippen LogP contribution in [0.3, 0.4) is 0 Å². The number of ether oxygens (including phenoxy) is 3. The molecule has 5 rings (SSSR count). The van der Waals surface area contributed by atoms with Crippen LogP contribution in [0.15, 0.2) is 88.2 Å². The topological polar surface area (TPSA) is 99.4 Å². The highest BCUT2D eigenvalue weighted by atomic mass is 32.1. The monoisotopic (exact) mass is 542 g/mol. The number of hydrogen-bond acceptors (Lipinski definition) is 8. The number of benzene rings is 3. The molecule has 9 heteroatoms. The number of esters is 1. The Morgan fingerprint density at radius 1 is 1.05 bits per heavy atom. The molecule has 3 aromatic carbocycles. The summed E-state index contributed by atoms with van der Waals surface area (Å²) in [5.41, 5.74) is 2.13. The molecule has 1 atom stereocenters. The Hall–Kier alpha value is -4.63. The number of para-hydroxylation sites is 1. The number of nitrogens with zero attached hydrogens (tertiary/aromatic N) is 2. The SMILES string of the molecule is CCOC(=O)C1=C(c2ccccc2)N=c2s/c(=C/c3cccc(OC)c3O)c(=O)n2C1c1cccc(OC)c1. The van der Waals surface area contributed by atoms with E-state index < -0.39 is 12.0 Å². The lowest BCUT2D eigenvalue weighted by molar-refractivity contribution is -0.138. The second-order valence-corrected chi connectivity index (χ2v) is 9.62. The number of hydrogen-bond donors (Lipinski definition) is 1. The van der Waals surface area contributed by atoms with Gasteiger partial charge in [-0.2, -0.15) is 0 Å². The van der Waals surface area contributed by atoms with Crippen molar-refractivity contribution in [1.29, 1.82) is 0 Å². The predicted molar refractivity (Wildman–Crippen MR) is 149 cm³/mol. The molecule has 1 aliphatic heterocycles. The number of rotatable bonds is 7. The summed E-state index contributed by atoms with van der Waals surface area (Å²) < 4.78 is 18.0. The molecule has 0 bridgehead atoms. The van der Waals surface area contributed by atoms with Crippen LogP contribution in [0.25, 0.3) is 11.8 Å². The van der Waals surface area contributed by atoms with Crippen molar-refractivity contribution in [3.05, 3.63) is 115 Å². The molecule has 0 fully saturated rings. The van der Waals surface area contributed by atoms with E-state index in [1.54, 1.807) is 50.4 Å². The number of carbonyl (C=O) groups is 1. The van der Waals surface area contributed by atoms with Gasteiger partial charge in [-0.15, -0.1) is 0 Å². The van der Waals surface area contributed by atoms with E-state index in [-0.39, 0.29) is 23.5 Å². The molecular formula is C30H26N2O6S. The summed E-state index contributed by atoms with van der Waals surface area (Å²) in [4.78, 5) is 32.7. The van der Waals surface area contributed by atoms with E-state index in [2.05, 4.69) is 0 Å². The highest BCUT2D eigenvalue weighted by Crippen LogP contribution is 2.36. The molecule has 4 aromatic rings. The molecule has 1 aliphatic rings. The third-order valence-electron chi connectivity index (χ3n) is 6.32. The maximum atomic E-state index is 14.0. The zero-order valence-electron chi connectivity index (χ0n) is 21.6. The summed E-state index contributed by atoms with van der Waals surface area (Å²) in [5.74, 6) is 0.235. The minimum atomic E-state index is -0.827. The van der Waals surface area contributed by atoms with Crippen molar-refractivity contribution in [3.63, 3.8) is 0 Å². The van der Waals surface area contributed by atoms with Gasteiger partial charge in [-0.25, -0.2) is 9.79 Å². The molecule has 39 heavy (non-hydrogen) atoms. The Morgan fingerprint density at radius 2 is 1.82 bits per heavy atom. The second-order valence-electron chi connectivity index (χ2n) is 8.61. The fraction of sp³-hybridized carbons (Fsp3) is 0.167. The quantitative estimate of drug-likeness (QED) is 0.358. The third-order valence-corrected chi connectivity index (χ3v) is 7.30. The van der Waals surface area contributed by atoms with Crippen molar-refractivity contribution in [2.24, 2.45) is 4.99 Å². The molecule has 1 N–H and O–H groups in total. The average Bonchev–Trinajstić information content (AvgIpc) is 3.28. The minimum absolute atomic E-state index is 0.0765. The van der Waals surface area contributed by atoms with Crippen molar-refractivity contribution in [3.8, 4) is 17.2 Å². The van der Waals surface area contributed by atoms with Crippen LogP contribution in [0.5, 0.6) is 17.2 Å². The van der Waals surface area contributed by atoms with E-state index in [0.717, 1.165) is 5.56 Å². The van der Waals surface area contributed by atoms with Crippen LogP contribution < -0.4 is 24.4 Å². The Morgan fingerprint density at radius 3 is 2.54 bits per heavy atom. The highest BCUT2D eigenvalue weighted by molar-refractivity contribution is 7.07. The van der Waals surface area contributed by atoms with E-state index in [0.29, 0.717) is 37.7 Å². The number of thiazole rings is 1. The summed E-state index contributed by atoms with van der Waals surface area (Å²) in [7, 11) is 3.02. The van der Waals surface area contributed by atoms with Gasteiger partial charge in [0.05, 0.1) is 42.7 Å². The number of aromatic hydroxyl groups is 1. The fourth-order valence-corrected chi connectivity index (χ4v) is 5.52. The Labute approximate surface area is 228 Å². The van der Waals surface area contributed by atoms with Crippen LogP contribution in [0, 0.1) is 0 Å². The molecule has 1 aromatic heterocycles. The Balaban J connectivity index is 1.84. The van der Waals surface area contributed by atoms with Crippen molar-refractivity contribution in [1.82, 2.24) is 4.57 Å². The van der Waals surface area contributed by atoms with Gasteiger partial charge in [0.2, 0.25) is 0 Å². The van der Waals surface area contributed by atoms with Gasteiger partial charge in [-0.05, 0) is 36.8 Å². The van der Waals surface area contributed by atoms with Crippen LogP contribution in [-0.4, -0.2) is 36.5 Å². The largest absolute Gasteiger partial charge is 0.504 e. The summed E-state index contributed by atoms with van der Waals surface area (Å²) in [6, 6.07) is 20.8. The fourth-order valence-electron chi connectivity index (χ4n) is 4.53. The lowest BCUT2D eigenvalue weighted by atomic mass is 9.93. The van der Waals surface area contributed by atoms with E-state index in [1.807, 2.05) is 42.5 Å². The van der Waals surface area contributed by atoms with E-state index in [9.17, 15) is 14.7 Å². The van der Waals surface area contributed by atoms with Gasteiger partial charge in [0.15, 0.2) is 16.3 Å². The molecule has 0 aliphatic carbocycles. The number of phenols is 1. The summed E-state index contributed by atoms with van der Waals surface area (Å²) in [6.45, 7) is 1.89. The van der Waals surface area contributed by atoms with Gasteiger partial charge in [-0.3, -0.25) is 9.36 Å². The lowest BCUT2D eigenvalue weighted by Crippen LogP contribution is -2.40. The molecule has 1 unspecified atom stereocenters. The van der Waals surface area contributed by atoms with Gasteiger partial charge in [0, 0.05) is 11.1 Å². The lowest BCUT2D eigenvalue weighted by Gasteiger charge is -2.26. The van der Waals surface area contributed by atoms with Crippen LogP contribution in [-0.2, 0) is 9.53 Å². The first kappa shape index (κ1) is 26.0. The molecule has 0 saturated carbocycles. The highest BCUT2D eigenvalue weighted by Gasteiger charge is 2.35. The summed E-state index contributed by atoms with van der Waals surface area (Å²) in [5, 5.41) is 10.6. The molecule has 2 heterocycles. The number of fused-ring (bicyclic) bond motifs is 1. The molecule has 0 saturated heterocycles. The van der Waals surface area contributed by atoms with Crippen LogP contribution in [0.1, 0.15) is 29.7 Å². The molecule has 198 valence electrons. The van der Waals surface area contributed by atoms with Crippen molar-refractivity contribution in [2.45, 2.75) is 13.0 Å². The second kappa shape index (κ2) is 11.0. The van der Waals surface area contributed by atoms with Gasteiger partial charge < -0.3 is 19.3 Å². The average molecular weight is 543 g/mol. The smallest absolute Gasteiger partial charge is 0.338 e. The van der Waals surface area contributed by atoms with Gasteiger partial charge >= 0.3 is 5.97 Å². The zero-order chi connectivity index (χ0) is 27.5. The van der Waals surface area contributed by atoms with E-state index in [4.69, 9.17) is 19.2 Å². The molecule has 0 radical (unpaired) electrons. The van der Waals surface area contributed by atoms with Gasteiger partial charge in [0.25, 0.3) is 5.56 Å². The van der Waals surface area contributed by atoms with Crippen LogP contribution in [0.2, 0.25) is 0 Å². The molecule has 0 amide bonds. The third kappa shape index (κ3) is 4.84. The van der Waals surface area contributed by atoms with Crippen molar-refractivity contribution < 1.29 is 24.1 Å². The number of methoxy groups -OCH3 is 2. The standard InChI is InChI=1S/C30H26N2O6S/c1-4-38-29(35)24-25(18-10-6-5-7-11-18)31-30-32(26(24)19-12-8-14-21(16-19)36-2)28(34)23(39-30)17-20-13-9-15-22(37-3)27(20)33/h5-17,26,33H,4H2,1-3H3/b23-17+. The van der Waals surface area contributed by atoms with Crippen molar-refractivity contribution in [2.75, 3.05) is 20.8 Å². The number of carbonyl (C=O) groups excluding carboxylic acids is 1. The summed E-state index contributed by atoms with van der Waals surface area (Å²) >= 11 is 1.17. The van der Waals surface area contributed by atoms with Gasteiger partial charge in [0.1, 0.15) is 5.75 Å². The molecule has 8 nitrogen and oxygen atoms in total. The number of phenolic OH excluding ortho intramolecular Hbond substituents is 1. The first-order valence-corrected chi connectivity index (χ1v) is 13.1. The first-order chi connectivity index (χ1) is 19.0. The van der Waals surface area contributed by atoms with E-state index in [1.165, 1.54) is 23.0 Å². The maximum Gasteiger partial charge on any atom is 0.338 e. The molecular weight excluding hydrogens is 516 g/mol. The predicted octanol–water partition coefficient (Wildman–Crippen LogP) is 3.66. The first-order valence-electron chi connectivity index (χ1n) is 12.2. The number of aromatic nitrogens is 1. The van der Waals surface area contributed by atoms with Crippen LogP contribution in [0.4, 0.5) is 0 Å². The summed E-state index contributed by atoms with van der Waals surface area (Å²) in [6.07, 6.45) is 1.60. The van der Waals surface area contributed by atoms with E-state index >= 15 is 0 Å². The van der Waals surface area contributed by atoms with Crippen molar-refractivity contribution >= 4 is 29.1 Å². The Bertz CT molecular complexity index is 1750. The molecule has 0 spiro atoms. The van der Waals surface area contributed by atoms with Gasteiger partial charge in [-0.1, -0.05) is 65.9 Å². The maximum absolute atomic E-state index is 14.0.